The van der Waals surface area contributed by atoms with Gasteiger partial charge in [-0.15, -0.1) is 0 Å². The number of halogens is 4. The second-order valence-corrected chi connectivity index (χ2v) is 11.9. The number of sulfonamides is 1. The third kappa shape index (κ3) is 7.01. The molecule has 0 unspecified atom stereocenters. The van der Waals surface area contributed by atoms with E-state index in [4.69, 9.17) is 9.47 Å². The Labute approximate surface area is 234 Å². The average Bonchev–Trinajstić information content (AvgIpc) is 2.91. The van der Waals surface area contributed by atoms with E-state index in [2.05, 4.69) is 15.4 Å². The van der Waals surface area contributed by atoms with Crippen molar-refractivity contribution in [1.29, 1.82) is 0 Å². The molecule has 0 radical (unpaired) electrons. The van der Waals surface area contributed by atoms with Crippen LogP contribution < -0.4 is 19.7 Å². The summed E-state index contributed by atoms with van der Waals surface area (Å²) < 4.78 is 96.9. The molecule has 2 N–H and O–H groups in total. The molecule has 2 aliphatic rings. The van der Waals surface area contributed by atoms with Crippen LogP contribution in [0.1, 0.15) is 26.7 Å². The Morgan fingerprint density at radius 1 is 1.07 bits per heavy atom. The van der Waals surface area contributed by atoms with Gasteiger partial charge in [-0.1, -0.05) is 0 Å². The number of alkyl halides is 3. The van der Waals surface area contributed by atoms with Crippen LogP contribution in [0.4, 0.5) is 33.7 Å². The van der Waals surface area contributed by atoms with Crippen molar-refractivity contribution in [2.24, 2.45) is 5.92 Å². The van der Waals surface area contributed by atoms with Gasteiger partial charge in [-0.2, -0.15) is 13.2 Å². The summed E-state index contributed by atoms with van der Waals surface area (Å²) in [6, 6.07) is 7.97. The zero-order valence-electron chi connectivity index (χ0n) is 22.2. The molecule has 1 atom stereocenters. The first kappa shape index (κ1) is 30.4. The molecule has 41 heavy (non-hydrogen) atoms. The lowest BCUT2D eigenvalue weighted by molar-refractivity contribution is -0.242. The molecule has 2 amide bonds. The number of hydrogen-bond donors (Lipinski definition) is 2. The summed E-state index contributed by atoms with van der Waals surface area (Å²) in [7, 11) is -4.31. The smallest absolute Gasteiger partial charge is 0.427 e. The summed E-state index contributed by atoms with van der Waals surface area (Å²) in [6.45, 7) is 2.01. The van der Waals surface area contributed by atoms with E-state index in [1.165, 1.54) is 18.2 Å². The first-order valence-corrected chi connectivity index (χ1v) is 14.1. The van der Waals surface area contributed by atoms with Gasteiger partial charge in [-0.25, -0.2) is 17.6 Å². The highest BCUT2D eigenvalue weighted by atomic mass is 32.2. The first-order valence-electron chi connectivity index (χ1n) is 12.7. The third-order valence-corrected chi connectivity index (χ3v) is 8.46. The highest BCUT2D eigenvalue weighted by molar-refractivity contribution is 7.92. The molecule has 4 rings (SSSR count). The summed E-state index contributed by atoms with van der Waals surface area (Å²) in [5.41, 5.74) is -2.88. The van der Waals surface area contributed by atoms with E-state index in [9.17, 15) is 35.6 Å². The molecule has 0 spiro atoms. The zero-order valence-corrected chi connectivity index (χ0v) is 23.0. The molecular weight excluding hydrogens is 574 g/mol. The van der Waals surface area contributed by atoms with E-state index in [0.29, 0.717) is 39.9 Å². The summed E-state index contributed by atoms with van der Waals surface area (Å²) in [5.74, 6) is -1.03. The Hall–Kier alpha value is -3.59. The second kappa shape index (κ2) is 11.7. The van der Waals surface area contributed by atoms with Crippen molar-refractivity contribution >= 4 is 33.4 Å². The Morgan fingerprint density at radius 2 is 1.73 bits per heavy atom. The van der Waals surface area contributed by atoms with Gasteiger partial charge in [0.05, 0.1) is 23.7 Å². The lowest BCUT2D eigenvalue weighted by atomic mass is 9.99. The van der Waals surface area contributed by atoms with E-state index >= 15 is 0 Å². The topological polar surface area (TPSA) is 123 Å². The standard InChI is InChI=1S/C26H29F4N3O7S/c1-25(2,26(28,29)30)40-24(35)32-18-5-8-22-21(13-18)33(41(36,37)20-6-3-17(27)4-7-20)15-19(39-22)14-31-23(34)16-9-11-38-12-10-16/h3-8,13,16,19H,9-12,14-15H2,1-2H3,(H,31,34)(H,32,35)/t19-/m1/s1. The number of nitrogens with one attached hydrogen (secondary N) is 2. The molecule has 2 aromatic carbocycles. The van der Waals surface area contributed by atoms with Crippen LogP contribution in [0.25, 0.3) is 0 Å². The molecule has 224 valence electrons. The molecule has 15 heteroatoms. The number of carbonyl (C=O) groups is 2. The van der Waals surface area contributed by atoms with Crippen molar-refractivity contribution in [1.82, 2.24) is 5.32 Å². The number of fused-ring (bicyclic) bond motifs is 1. The van der Waals surface area contributed by atoms with Crippen LogP contribution in [0.15, 0.2) is 47.4 Å². The number of carbonyl (C=O) groups excluding carboxylic acids is 2. The predicted octanol–water partition coefficient (Wildman–Crippen LogP) is 4.21. The van der Waals surface area contributed by atoms with E-state index in [1.807, 2.05) is 0 Å². The monoisotopic (exact) mass is 603 g/mol. The number of anilines is 2. The van der Waals surface area contributed by atoms with Crippen molar-refractivity contribution in [3.05, 3.63) is 48.3 Å². The van der Waals surface area contributed by atoms with Gasteiger partial charge in [-0.05, 0) is 69.2 Å². The van der Waals surface area contributed by atoms with Crippen LogP contribution in [0.2, 0.25) is 0 Å². The molecule has 1 fully saturated rings. The maximum absolute atomic E-state index is 13.6. The normalized spacial score (nSPS) is 18.2. The molecule has 0 bridgehead atoms. The molecule has 0 aromatic heterocycles. The minimum absolute atomic E-state index is 0.0239. The molecule has 10 nitrogen and oxygen atoms in total. The zero-order chi connectivity index (χ0) is 30.0. The van der Waals surface area contributed by atoms with Gasteiger partial charge in [0.15, 0.2) is 0 Å². The quantitative estimate of drug-likeness (QED) is 0.455. The number of hydrogen-bond acceptors (Lipinski definition) is 7. The maximum Gasteiger partial charge on any atom is 0.427 e. The lowest BCUT2D eigenvalue weighted by Gasteiger charge is -2.36. The number of benzene rings is 2. The molecule has 1 saturated heterocycles. The first-order chi connectivity index (χ1) is 19.2. The summed E-state index contributed by atoms with van der Waals surface area (Å²) in [6.07, 6.45) is -5.94. The highest BCUT2D eigenvalue weighted by Gasteiger charge is 2.51. The van der Waals surface area contributed by atoms with E-state index in [0.717, 1.165) is 28.6 Å². The molecule has 0 aliphatic carbocycles. The SMILES string of the molecule is CC(C)(OC(=O)Nc1ccc2c(c1)N(S(=O)(=O)c1ccc(F)cc1)C[C@@H](CNC(=O)C1CCOCC1)O2)C(F)(F)F. The van der Waals surface area contributed by atoms with Gasteiger partial charge in [0, 0.05) is 24.8 Å². The predicted molar refractivity (Wildman–Crippen MR) is 139 cm³/mol. The Bertz CT molecular complexity index is 1380. The van der Waals surface area contributed by atoms with Crippen LogP contribution in [0.5, 0.6) is 5.75 Å². The summed E-state index contributed by atoms with van der Waals surface area (Å²) in [5, 5.41) is 4.96. The number of ether oxygens (including phenoxy) is 3. The van der Waals surface area contributed by atoms with Gasteiger partial charge < -0.3 is 19.5 Å². The number of rotatable bonds is 7. The number of amides is 2. The van der Waals surface area contributed by atoms with Gasteiger partial charge in [-0.3, -0.25) is 14.4 Å². The third-order valence-electron chi connectivity index (χ3n) is 6.67. The average molecular weight is 604 g/mol. The van der Waals surface area contributed by atoms with Crippen molar-refractivity contribution in [3.8, 4) is 5.75 Å². The second-order valence-electron chi connectivity index (χ2n) is 10.1. The van der Waals surface area contributed by atoms with Crippen LogP contribution in [-0.4, -0.2) is 64.6 Å². The molecule has 2 aliphatic heterocycles. The van der Waals surface area contributed by atoms with E-state index < -0.39 is 39.8 Å². The Morgan fingerprint density at radius 3 is 2.37 bits per heavy atom. The van der Waals surface area contributed by atoms with Crippen molar-refractivity contribution in [3.63, 3.8) is 0 Å². The molecule has 0 saturated carbocycles. The van der Waals surface area contributed by atoms with E-state index in [1.54, 1.807) is 0 Å². The molecular formula is C26H29F4N3O7S. The van der Waals surface area contributed by atoms with Crippen LogP contribution in [0.3, 0.4) is 0 Å². The minimum Gasteiger partial charge on any atom is -0.484 e. The Balaban J connectivity index is 1.59. The fourth-order valence-corrected chi connectivity index (χ4v) is 5.71. The molecule has 2 heterocycles. The summed E-state index contributed by atoms with van der Waals surface area (Å²) in [4.78, 5) is 24.6. The summed E-state index contributed by atoms with van der Waals surface area (Å²) >= 11 is 0. The van der Waals surface area contributed by atoms with E-state index in [-0.39, 0.29) is 46.9 Å². The van der Waals surface area contributed by atoms with Crippen LogP contribution in [-0.2, 0) is 24.3 Å². The highest BCUT2D eigenvalue weighted by Crippen LogP contribution is 2.39. The van der Waals surface area contributed by atoms with Crippen molar-refractivity contribution in [2.75, 3.05) is 35.9 Å². The largest absolute Gasteiger partial charge is 0.484 e. The van der Waals surface area contributed by atoms with Gasteiger partial charge in [0.25, 0.3) is 10.0 Å². The van der Waals surface area contributed by atoms with Crippen molar-refractivity contribution in [2.45, 2.75) is 49.5 Å². The fourth-order valence-electron chi connectivity index (χ4n) is 4.21. The minimum atomic E-state index is -4.83. The molecule has 2 aromatic rings. The van der Waals surface area contributed by atoms with Crippen LogP contribution >= 0.6 is 0 Å². The Kier molecular flexibility index (Phi) is 8.68. The van der Waals surface area contributed by atoms with Gasteiger partial charge in [0.2, 0.25) is 11.5 Å². The lowest BCUT2D eigenvalue weighted by Crippen LogP contribution is -2.49. The number of nitrogens with zero attached hydrogens (tertiary/aromatic N) is 1. The fraction of sp³-hybridized carbons (Fsp3) is 0.462. The van der Waals surface area contributed by atoms with Gasteiger partial charge in [0.1, 0.15) is 17.7 Å². The van der Waals surface area contributed by atoms with Gasteiger partial charge >= 0.3 is 12.3 Å². The maximum atomic E-state index is 13.6. The van der Waals surface area contributed by atoms with Crippen LogP contribution in [0, 0.1) is 11.7 Å². The van der Waals surface area contributed by atoms with Crippen molar-refractivity contribution < 1.29 is 49.8 Å².